The summed E-state index contributed by atoms with van der Waals surface area (Å²) in [7, 11) is 0. The molecule has 3 amide bonds. The van der Waals surface area contributed by atoms with Gasteiger partial charge in [-0.05, 0) is 43.7 Å². The Labute approximate surface area is 137 Å². The van der Waals surface area contributed by atoms with Gasteiger partial charge in [-0.2, -0.15) is 0 Å². The number of amides is 3. The number of hydrogen-bond acceptors (Lipinski definition) is 3. The van der Waals surface area contributed by atoms with Crippen LogP contribution in [0.1, 0.15) is 24.0 Å². The molecule has 0 bridgehead atoms. The van der Waals surface area contributed by atoms with Crippen LogP contribution >= 0.6 is 11.6 Å². The van der Waals surface area contributed by atoms with Crippen LogP contribution in [0, 0.1) is 12.7 Å². The Morgan fingerprint density at radius 2 is 2.04 bits per heavy atom. The monoisotopic (exact) mass is 336 g/mol. The second kappa shape index (κ2) is 5.38. The minimum absolute atomic E-state index is 0.0426. The summed E-state index contributed by atoms with van der Waals surface area (Å²) in [6.07, 6.45) is 0. The lowest BCUT2D eigenvalue weighted by molar-refractivity contribution is -0.132. The number of carbonyl (C=O) groups excluding carboxylic acids is 2. The number of urea groups is 1. The van der Waals surface area contributed by atoms with Gasteiger partial charge in [-0.3, -0.25) is 9.69 Å². The maximum atomic E-state index is 13.1. The molecule has 7 heteroatoms. The number of aryl methyl sites for hydroxylation is 1. The van der Waals surface area contributed by atoms with Gasteiger partial charge in [0.25, 0.3) is 5.91 Å². The van der Waals surface area contributed by atoms with E-state index in [0.717, 1.165) is 11.0 Å². The first-order valence-corrected chi connectivity index (χ1v) is 7.34. The SMILES string of the molecule is Cc1ccc([C@]2(C)NC(=O)N(Cc3ccc(F)cc3Cl)C2=O)o1. The van der Waals surface area contributed by atoms with Crippen LogP contribution in [0.15, 0.2) is 34.7 Å². The average Bonchev–Trinajstić information content (AvgIpc) is 3.00. The Hall–Kier alpha value is -2.34. The fourth-order valence-corrected chi connectivity index (χ4v) is 2.76. The van der Waals surface area contributed by atoms with Crippen LogP contribution < -0.4 is 5.32 Å². The topological polar surface area (TPSA) is 62.6 Å². The van der Waals surface area contributed by atoms with Crippen molar-refractivity contribution in [2.75, 3.05) is 0 Å². The molecule has 1 aliphatic rings. The largest absolute Gasteiger partial charge is 0.463 e. The molecular formula is C16H14ClFN2O3. The third-order valence-electron chi connectivity index (χ3n) is 3.85. The van der Waals surface area contributed by atoms with E-state index in [1.807, 2.05) is 0 Å². The van der Waals surface area contributed by atoms with E-state index in [1.165, 1.54) is 12.1 Å². The summed E-state index contributed by atoms with van der Waals surface area (Å²) in [6.45, 7) is 3.29. The number of carbonyl (C=O) groups is 2. The van der Waals surface area contributed by atoms with Gasteiger partial charge >= 0.3 is 6.03 Å². The molecule has 2 heterocycles. The van der Waals surface area contributed by atoms with Crippen LogP contribution in [-0.4, -0.2) is 16.8 Å². The molecule has 23 heavy (non-hydrogen) atoms. The molecule has 0 saturated carbocycles. The van der Waals surface area contributed by atoms with E-state index >= 15 is 0 Å². The van der Waals surface area contributed by atoms with Crippen molar-refractivity contribution in [2.24, 2.45) is 0 Å². The molecule has 1 aromatic heterocycles. The summed E-state index contributed by atoms with van der Waals surface area (Å²) in [5.74, 6) is 0.0773. The van der Waals surface area contributed by atoms with Crippen molar-refractivity contribution >= 4 is 23.5 Å². The normalized spacial score (nSPS) is 21.0. The van der Waals surface area contributed by atoms with E-state index in [9.17, 15) is 14.0 Å². The van der Waals surface area contributed by atoms with E-state index in [0.29, 0.717) is 17.1 Å². The molecule has 1 aliphatic heterocycles. The predicted octanol–water partition coefficient (Wildman–Crippen LogP) is 3.35. The molecule has 0 radical (unpaired) electrons. The molecule has 1 N–H and O–H groups in total. The number of hydrogen-bond donors (Lipinski definition) is 1. The van der Waals surface area contributed by atoms with Gasteiger partial charge in [-0.25, -0.2) is 9.18 Å². The van der Waals surface area contributed by atoms with Crippen molar-refractivity contribution in [3.63, 3.8) is 0 Å². The number of rotatable bonds is 3. The molecule has 5 nitrogen and oxygen atoms in total. The Kier molecular flexibility index (Phi) is 3.64. The summed E-state index contributed by atoms with van der Waals surface area (Å²) in [4.78, 5) is 25.9. The van der Waals surface area contributed by atoms with E-state index in [2.05, 4.69) is 5.32 Å². The maximum absolute atomic E-state index is 13.1. The summed E-state index contributed by atoms with van der Waals surface area (Å²) < 4.78 is 18.6. The van der Waals surface area contributed by atoms with Crippen molar-refractivity contribution in [1.82, 2.24) is 10.2 Å². The fourth-order valence-electron chi connectivity index (χ4n) is 2.53. The minimum Gasteiger partial charge on any atom is -0.463 e. The van der Waals surface area contributed by atoms with Crippen LogP contribution in [0.5, 0.6) is 0 Å². The fraction of sp³-hybridized carbons (Fsp3) is 0.250. The van der Waals surface area contributed by atoms with E-state index in [4.69, 9.17) is 16.0 Å². The number of benzene rings is 1. The lowest BCUT2D eigenvalue weighted by Gasteiger charge is -2.19. The predicted molar refractivity (Wildman–Crippen MR) is 81.3 cm³/mol. The van der Waals surface area contributed by atoms with Gasteiger partial charge < -0.3 is 9.73 Å². The minimum atomic E-state index is -1.27. The Balaban J connectivity index is 1.90. The summed E-state index contributed by atoms with van der Waals surface area (Å²) in [6, 6.07) is 6.65. The number of furan rings is 1. The molecule has 0 aliphatic carbocycles. The first kappa shape index (κ1) is 15.6. The smallest absolute Gasteiger partial charge is 0.325 e. The summed E-state index contributed by atoms with van der Waals surface area (Å²) >= 11 is 5.97. The summed E-state index contributed by atoms with van der Waals surface area (Å²) in [5, 5.41) is 2.80. The Morgan fingerprint density at radius 3 is 2.65 bits per heavy atom. The molecule has 1 saturated heterocycles. The standard InChI is InChI=1S/C16H14ClFN2O3/c1-9-3-6-13(23-9)16(2)14(21)20(15(22)19-16)8-10-4-5-11(18)7-12(10)17/h3-7H,8H2,1-2H3,(H,19,22)/t16-/m0/s1. The molecule has 120 valence electrons. The van der Waals surface area contributed by atoms with Crippen LogP contribution in [0.2, 0.25) is 5.02 Å². The van der Waals surface area contributed by atoms with Crippen LogP contribution in [0.4, 0.5) is 9.18 Å². The molecule has 1 fully saturated rings. The molecule has 2 aromatic rings. The highest BCUT2D eigenvalue weighted by molar-refractivity contribution is 6.31. The highest BCUT2D eigenvalue weighted by atomic mass is 35.5. The van der Waals surface area contributed by atoms with E-state index in [-0.39, 0.29) is 11.6 Å². The molecule has 0 spiro atoms. The first-order valence-electron chi connectivity index (χ1n) is 6.96. The van der Waals surface area contributed by atoms with Crippen molar-refractivity contribution in [3.05, 3.63) is 58.3 Å². The average molecular weight is 337 g/mol. The van der Waals surface area contributed by atoms with Crippen molar-refractivity contribution in [1.29, 1.82) is 0 Å². The quantitative estimate of drug-likeness (QED) is 0.874. The van der Waals surface area contributed by atoms with Crippen molar-refractivity contribution in [2.45, 2.75) is 25.9 Å². The van der Waals surface area contributed by atoms with E-state index < -0.39 is 23.3 Å². The second-order valence-corrected chi connectivity index (χ2v) is 6.00. The lowest BCUT2D eigenvalue weighted by Crippen LogP contribution is -2.40. The maximum Gasteiger partial charge on any atom is 0.325 e. The van der Waals surface area contributed by atoms with Gasteiger partial charge in [0.1, 0.15) is 17.3 Å². The Bertz CT molecular complexity index is 804. The molecular weight excluding hydrogens is 323 g/mol. The van der Waals surface area contributed by atoms with Crippen molar-refractivity contribution < 1.29 is 18.4 Å². The molecule has 1 atom stereocenters. The number of imide groups is 1. The Morgan fingerprint density at radius 1 is 1.30 bits per heavy atom. The second-order valence-electron chi connectivity index (χ2n) is 5.59. The van der Waals surface area contributed by atoms with Gasteiger partial charge in [0.15, 0.2) is 5.54 Å². The van der Waals surface area contributed by atoms with Gasteiger partial charge in [-0.15, -0.1) is 0 Å². The zero-order valence-corrected chi connectivity index (χ0v) is 13.3. The third-order valence-corrected chi connectivity index (χ3v) is 4.20. The van der Waals surface area contributed by atoms with E-state index in [1.54, 1.807) is 26.0 Å². The van der Waals surface area contributed by atoms with Crippen LogP contribution in [0.25, 0.3) is 0 Å². The molecule has 1 aromatic carbocycles. The lowest BCUT2D eigenvalue weighted by atomic mass is 9.99. The highest BCUT2D eigenvalue weighted by Gasteiger charge is 2.51. The number of halogens is 2. The van der Waals surface area contributed by atoms with Gasteiger partial charge in [0.2, 0.25) is 0 Å². The van der Waals surface area contributed by atoms with Crippen molar-refractivity contribution in [3.8, 4) is 0 Å². The molecule has 0 unspecified atom stereocenters. The van der Waals surface area contributed by atoms with Gasteiger partial charge in [0.05, 0.1) is 6.54 Å². The zero-order valence-electron chi connectivity index (χ0n) is 12.5. The van der Waals surface area contributed by atoms with Crippen LogP contribution in [-0.2, 0) is 16.9 Å². The van der Waals surface area contributed by atoms with Crippen LogP contribution in [0.3, 0.4) is 0 Å². The zero-order chi connectivity index (χ0) is 16.8. The number of nitrogens with zero attached hydrogens (tertiary/aromatic N) is 1. The third kappa shape index (κ3) is 2.59. The highest BCUT2D eigenvalue weighted by Crippen LogP contribution is 2.31. The summed E-state index contributed by atoms with van der Waals surface area (Å²) in [5.41, 5.74) is -0.783. The molecule has 3 rings (SSSR count). The van der Waals surface area contributed by atoms with Gasteiger partial charge in [-0.1, -0.05) is 17.7 Å². The number of nitrogens with one attached hydrogen (secondary N) is 1. The first-order chi connectivity index (χ1) is 10.8. The van der Waals surface area contributed by atoms with Gasteiger partial charge in [0, 0.05) is 5.02 Å².